The highest BCUT2D eigenvalue weighted by molar-refractivity contribution is 5.92. The first-order chi connectivity index (χ1) is 11.5. The summed E-state index contributed by atoms with van der Waals surface area (Å²) in [7, 11) is 1.62. The number of methoxy groups -OCH3 is 1. The maximum Gasteiger partial charge on any atom is 0.244 e. The molecule has 126 valence electrons. The Hall–Kier alpha value is -2.62. The molecule has 0 saturated carbocycles. The van der Waals surface area contributed by atoms with E-state index in [0.717, 1.165) is 11.3 Å². The van der Waals surface area contributed by atoms with Crippen molar-refractivity contribution >= 4 is 12.0 Å². The average molecular weight is 327 g/mol. The number of rotatable bonds is 6. The van der Waals surface area contributed by atoms with Crippen LogP contribution >= 0.6 is 0 Å². The van der Waals surface area contributed by atoms with Crippen LogP contribution in [0.3, 0.4) is 0 Å². The van der Waals surface area contributed by atoms with Gasteiger partial charge in [-0.2, -0.15) is 0 Å². The van der Waals surface area contributed by atoms with E-state index in [-0.39, 0.29) is 23.7 Å². The topological polar surface area (TPSA) is 38.3 Å². The van der Waals surface area contributed by atoms with E-state index in [1.54, 1.807) is 25.3 Å². The van der Waals surface area contributed by atoms with Gasteiger partial charge in [0.1, 0.15) is 11.6 Å². The van der Waals surface area contributed by atoms with E-state index in [9.17, 15) is 9.18 Å². The van der Waals surface area contributed by atoms with Crippen LogP contribution in [0.25, 0.3) is 6.08 Å². The van der Waals surface area contributed by atoms with Crippen LogP contribution in [0.4, 0.5) is 4.39 Å². The number of carbonyl (C=O) groups excluding carboxylic acids is 1. The molecule has 0 saturated heterocycles. The third kappa shape index (κ3) is 4.95. The van der Waals surface area contributed by atoms with Crippen molar-refractivity contribution in [2.24, 2.45) is 5.92 Å². The molecule has 3 nitrogen and oxygen atoms in total. The molecular weight excluding hydrogens is 305 g/mol. The number of hydrogen-bond acceptors (Lipinski definition) is 2. The van der Waals surface area contributed by atoms with E-state index in [2.05, 4.69) is 5.32 Å². The number of ether oxygens (including phenoxy) is 1. The molecule has 1 atom stereocenters. The molecule has 24 heavy (non-hydrogen) atoms. The Labute approximate surface area is 142 Å². The minimum absolute atomic E-state index is 0.111. The maximum atomic E-state index is 13.1. The Kier molecular flexibility index (Phi) is 6.13. The molecule has 4 heteroatoms. The summed E-state index contributed by atoms with van der Waals surface area (Å²) in [5.74, 6) is 0.466. The molecule has 0 radical (unpaired) electrons. The number of benzene rings is 2. The molecule has 0 aliphatic carbocycles. The SMILES string of the molecule is COc1ccc([C@@H](NC(=O)/C=C/c2cccc(F)c2)C(C)C)cc1. The van der Waals surface area contributed by atoms with Gasteiger partial charge >= 0.3 is 0 Å². The normalized spacial score (nSPS) is 12.4. The van der Waals surface area contributed by atoms with Gasteiger partial charge in [0.15, 0.2) is 0 Å². The molecule has 2 rings (SSSR count). The lowest BCUT2D eigenvalue weighted by molar-refractivity contribution is -0.117. The molecule has 0 aliphatic heterocycles. The summed E-state index contributed by atoms with van der Waals surface area (Å²) in [6, 6.07) is 13.6. The number of hydrogen-bond donors (Lipinski definition) is 1. The van der Waals surface area contributed by atoms with Gasteiger partial charge in [-0.15, -0.1) is 0 Å². The average Bonchev–Trinajstić information content (AvgIpc) is 2.58. The minimum atomic E-state index is -0.323. The lowest BCUT2D eigenvalue weighted by Gasteiger charge is -2.22. The van der Waals surface area contributed by atoms with Crippen LogP contribution < -0.4 is 10.1 Å². The van der Waals surface area contributed by atoms with Crippen molar-refractivity contribution in [1.29, 1.82) is 0 Å². The third-order valence-corrected chi connectivity index (χ3v) is 3.72. The van der Waals surface area contributed by atoms with Gasteiger partial charge in [-0.25, -0.2) is 4.39 Å². The lowest BCUT2D eigenvalue weighted by atomic mass is 9.96. The quantitative estimate of drug-likeness (QED) is 0.801. The molecule has 0 spiro atoms. The molecule has 0 fully saturated rings. The van der Waals surface area contributed by atoms with E-state index in [0.29, 0.717) is 5.56 Å². The Morgan fingerprint density at radius 2 is 1.88 bits per heavy atom. The van der Waals surface area contributed by atoms with Gasteiger partial charge in [0.25, 0.3) is 0 Å². The first-order valence-electron chi connectivity index (χ1n) is 7.87. The molecule has 2 aromatic carbocycles. The number of carbonyl (C=O) groups is 1. The van der Waals surface area contributed by atoms with Crippen LogP contribution in [-0.4, -0.2) is 13.0 Å². The molecule has 1 amide bonds. The second kappa shape index (κ2) is 8.29. The summed E-state index contributed by atoms with van der Waals surface area (Å²) >= 11 is 0. The summed E-state index contributed by atoms with van der Waals surface area (Å²) in [6.07, 6.45) is 3.03. The van der Waals surface area contributed by atoms with Crippen LogP contribution in [0, 0.1) is 11.7 Å². The van der Waals surface area contributed by atoms with Crippen molar-refractivity contribution in [3.8, 4) is 5.75 Å². The van der Waals surface area contributed by atoms with Crippen molar-refractivity contribution in [1.82, 2.24) is 5.32 Å². The molecule has 0 heterocycles. The highest BCUT2D eigenvalue weighted by Crippen LogP contribution is 2.23. The van der Waals surface area contributed by atoms with Crippen LogP contribution in [0.2, 0.25) is 0 Å². The van der Waals surface area contributed by atoms with Crippen molar-refractivity contribution < 1.29 is 13.9 Å². The molecule has 1 N–H and O–H groups in total. The van der Waals surface area contributed by atoms with E-state index in [1.807, 2.05) is 38.1 Å². The van der Waals surface area contributed by atoms with E-state index in [4.69, 9.17) is 4.74 Å². The first-order valence-corrected chi connectivity index (χ1v) is 7.87. The van der Waals surface area contributed by atoms with Gasteiger partial charge in [-0.3, -0.25) is 4.79 Å². The fourth-order valence-corrected chi connectivity index (χ4v) is 2.43. The predicted molar refractivity (Wildman–Crippen MR) is 94.1 cm³/mol. The van der Waals surface area contributed by atoms with Crippen LogP contribution in [-0.2, 0) is 4.79 Å². The highest BCUT2D eigenvalue weighted by atomic mass is 19.1. The minimum Gasteiger partial charge on any atom is -0.497 e. The monoisotopic (exact) mass is 327 g/mol. The van der Waals surface area contributed by atoms with Crippen LogP contribution in [0.1, 0.15) is 31.0 Å². The van der Waals surface area contributed by atoms with Gasteiger partial charge in [0.05, 0.1) is 13.2 Å². The molecule has 0 aromatic heterocycles. The number of amides is 1. The van der Waals surface area contributed by atoms with Gasteiger partial charge in [0.2, 0.25) is 5.91 Å². The Morgan fingerprint density at radius 1 is 1.17 bits per heavy atom. The standard InChI is InChI=1S/C20H22FNO2/c1-14(2)20(16-8-10-18(24-3)11-9-16)22-19(23)12-7-15-5-4-6-17(21)13-15/h4-14,20H,1-3H3,(H,22,23)/b12-7+/t20-/m0/s1. The second-order valence-electron chi connectivity index (χ2n) is 5.89. The van der Waals surface area contributed by atoms with E-state index in [1.165, 1.54) is 18.2 Å². The summed E-state index contributed by atoms with van der Waals surface area (Å²) < 4.78 is 18.3. The fraction of sp³-hybridized carbons (Fsp3) is 0.250. The van der Waals surface area contributed by atoms with Crippen LogP contribution in [0.15, 0.2) is 54.6 Å². The lowest BCUT2D eigenvalue weighted by Crippen LogP contribution is -2.30. The van der Waals surface area contributed by atoms with Crippen molar-refractivity contribution in [2.45, 2.75) is 19.9 Å². The molecule has 0 unspecified atom stereocenters. The Morgan fingerprint density at radius 3 is 2.46 bits per heavy atom. The smallest absolute Gasteiger partial charge is 0.244 e. The van der Waals surface area contributed by atoms with Gasteiger partial charge in [-0.1, -0.05) is 38.1 Å². The summed E-state index contributed by atoms with van der Waals surface area (Å²) in [4.78, 5) is 12.2. The number of nitrogens with one attached hydrogen (secondary N) is 1. The predicted octanol–water partition coefficient (Wildman–Crippen LogP) is 4.36. The molecule has 0 aliphatic rings. The maximum absolute atomic E-state index is 13.1. The summed E-state index contributed by atoms with van der Waals surface area (Å²) in [5, 5.41) is 2.99. The van der Waals surface area contributed by atoms with E-state index >= 15 is 0 Å². The van der Waals surface area contributed by atoms with Crippen molar-refractivity contribution in [3.63, 3.8) is 0 Å². The van der Waals surface area contributed by atoms with Crippen molar-refractivity contribution in [3.05, 3.63) is 71.6 Å². The third-order valence-electron chi connectivity index (χ3n) is 3.72. The Balaban J connectivity index is 2.07. The largest absolute Gasteiger partial charge is 0.497 e. The zero-order chi connectivity index (χ0) is 17.5. The van der Waals surface area contributed by atoms with Gasteiger partial charge < -0.3 is 10.1 Å². The van der Waals surface area contributed by atoms with Gasteiger partial charge in [0, 0.05) is 6.08 Å². The number of halogens is 1. The molecular formula is C20H22FNO2. The zero-order valence-corrected chi connectivity index (χ0v) is 14.1. The van der Waals surface area contributed by atoms with E-state index < -0.39 is 0 Å². The summed E-state index contributed by atoms with van der Waals surface area (Å²) in [6.45, 7) is 4.09. The molecule has 0 bridgehead atoms. The summed E-state index contributed by atoms with van der Waals surface area (Å²) in [5.41, 5.74) is 1.66. The second-order valence-corrected chi connectivity index (χ2v) is 5.89. The van der Waals surface area contributed by atoms with Gasteiger partial charge in [-0.05, 0) is 47.4 Å². The highest BCUT2D eigenvalue weighted by Gasteiger charge is 2.17. The first kappa shape index (κ1) is 17.7. The zero-order valence-electron chi connectivity index (χ0n) is 14.1. The molecule has 2 aromatic rings. The Bertz CT molecular complexity index is 708. The van der Waals surface area contributed by atoms with Crippen molar-refractivity contribution in [2.75, 3.05) is 7.11 Å². The van der Waals surface area contributed by atoms with Crippen LogP contribution in [0.5, 0.6) is 5.75 Å². The fourth-order valence-electron chi connectivity index (χ4n) is 2.43.